The van der Waals surface area contributed by atoms with E-state index in [4.69, 9.17) is 9.47 Å². The van der Waals surface area contributed by atoms with Crippen LogP contribution in [0.2, 0.25) is 0 Å². The fourth-order valence-electron chi connectivity index (χ4n) is 4.58. The van der Waals surface area contributed by atoms with Crippen LogP contribution in [0.15, 0.2) is 48.5 Å². The zero-order chi connectivity index (χ0) is 20.1. The summed E-state index contributed by atoms with van der Waals surface area (Å²) in [5.41, 5.74) is 3.00. The Hall–Kier alpha value is -2.53. The molecule has 1 aliphatic carbocycles. The van der Waals surface area contributed by atoms with E-state index in [9.17, 15) is 4.79 Å². The van der Waals surface area contributed by atoms with E-state index in [1.807, 2.05) is 24.3 Å². The summed E-state index contributed by atoms with van der Waals surface area (Å²) in [6, 6.07) is 16.8. The number of hydrogen-bond donors (Lipinski definition) is 1. The van der Waals surface area contributed by atoms with Crippen molar-refractivity contribution in [3.05, 3.63) is 59.7 Å². The summed E-state index contributed by atoms with van der Waals surface area (Å²) in [7, 11) is 1.60. The fraction of sp³-hybridized carbons (Fsp3) is 0.458. The minimum absolute atomic E-state index is 0.00867. The predicted molar refractivity (Wildman–Crippen MR) is 113 cm³/mol. The van der Waals surface area contributed by atoms with Crippen molar-refractivity contribution in [2.24, 2.45) is 5.92 Å². The van der Waals surface area contributed by atoms with E-state index in [1.54, 1.807) is 7.11 Å². The lowest BCUT2D eigenvalue weighted by Crippen LogP contribution is -2.46. The van der Waals surface area contributed by atoms with Crippen molar-refractivity contribution in [3.63, 3.8) is 0 Å². The van der Waals surface area contributed by atoms with Crippen LogP contribution >= 0.6 is 0 Å². The number of nitrogens with one attached hydrogen (secondary N) is 1. The Balaban J connectivity index is 1.22. The van der Waals surface area contributed by atoms with Gasteiger partial charge in [-0.1, -0.05) is 36.4 Å². The van der Waals surface area contributed by atoms with E-state index in [-0.39, 0.29) is 12.5 Å². The first kappa shape index (κ1) is 19.8. The molecule has 4 rings (SSSR count). The molecule has 0 saturated carbocycles. The van der Waals surface area contributed by atoms with Gasteiger partial charge in [-0.15, -0.1) is 0 Å². The lowest BCUT2D eigenvalue weighted by atomic mass is 9.96. The molecule has 1 amide bonds. The van der Waals surface area contributed by atoms with Gasteiger partial charge in [0.15, 0.2) is 18.1 Å². The van der Waals surface area contributed by atoms with Crippen molar-refractivity contribution in [1.29, 1.82) is 0 Å². The summed E-state index contributed by atoms with van der Waals surface area (Å²) in [5.74, 6) is 1.65. The highest BCUT2D eigenvalue weighted by atomic mass is 16.5. The van der Waals surface area contributed by atoms with Gasteiger partial charge in [0.1, 0.15) is 0 Å². The van der Waals surface area contributed by atoms with Gasteiger partial charge >= 0.3 is 0 Å². The van der Waals surface area contributed by atoms with Gasteiger partial charge in [0.25, 0.3) is 5.91 Å². The summed E-state index contributed by atoms with van der Waals surface area (Å²) >= 11 is 0. The monoisotopic (exact) mass is 394 g/mol. The van der Waals surface area contributed by atoms with Crippen LogP contribution in [0.3, 0.4) is 0 Å². The second-order valence-corrected chi connectivity index (χ2v) is 8.08. The lowest BCUT2D eigenvalue weighted by molar-refractivity contribution is -0.123. The number of fused-ring (bicyclic) bond motifs is 1. The van der Waals surface area contributed by atoms with E-state index >= 15 is 0 Å². The molecule has 0 aromatic heterocycles. The van der Waals surface area contributed by atoms with Crippen molar-refractivity contribution >= 4 is 5.91 Å². The standard InChI is InChI=1S/C24H30N2O3/c1-28-22-10-4-5-11-23(22)29-17-24(27)25-15-18-7-6-12-26(16-18)21-13-19-8-2-3-9-20(19)14-21/h2-5,8-11,18,21H,6-7,12-17H2,1H3,(H,25,27). The molecule has 0 bridgehead atoms. The number of nitrogens with zero attached hydrogens (tertiary/aromatic N) is 1. The Morgan fingerprint density at radius 1 is 1.07 bits per heavy atom. The summed E-state index contributed by atoms with van der Waals surface area (Å²) in [6.07, 6.45) is 4.68. The number of amides is 1. The van der Waals surface area contributed by atoms with Gasteiger partial charge in [0.2, 0.25) is 0 Å². The number of ether oxygens (including phenoxy) is 2. The highest BCUT2D eigenvalue weighted by Crippen LogP contribution is 2.29. The number of piperidine rings is 1. The van der Waals surface area contributed by atoms with Crippen molar-refractivity contribution < 1.29 is 14.3 Å². The number of para-hydroxylation sites is 2. The van der Waals surface area contributed by atoms with Crippen LogP contribution < -0.4 is 14.8 Å². The van der Waals surface area contributed by atoms with Gasteiger partial charge in [0.05, 0.1) is 7.11 Å². The topological polar surface area (TPSA) is 50.8 Å². The maximum atomic E-state index is 12.3. The molecule has 2 aromatic rings. The molecular weight excluding hydrogens is 364 g/mol. The summed E-state index contributed by atoms with van der Waals surface area (Å²) in [5, 5.41) is 3.06. The predicted octanol–water partition coefficient (Wildman–Crippen LogP) is 3.07. The first-order valence-corrected chi connectivity index (χ1v) is 10.6. The number of hydrogen-bond acceptors (Lipinski definition) is 4. The Kier molecular flexibility index (Phi) is 6.35. The van der Waals surface area contributed by atoms with Gasteiger partial charge < -0.3 is 14.8 Å². The molecule has 154 valence electrons. The molecule has 1 saturated heterocycles. The molecular formula is C24H30N2O3. The van der Waals surface area contributed by atoms with Crippen molar-refractivity contribution in [2.45, 2.75) is 31.7 Å². The molecule has 5 heteroatoms. The van der Waals surface area contributed by atoms with Crippen LogP contribution in [0.25, 0.3) is 0 Å². The molecule has 2 aromatic carbocycles. The van der Waals surface area contributed by atoms with Crippen LogP contribution in [0.1, 0.15) is 24.0 Å². The van der Waals surface area contributed by atoms with Gasteiger partial charge in [-0.05, 0) is 61.4 Å². The Morgan fingerprint density at radius 2 is 1.76 bits per heavy atom. The molecule has 29 heavy (non-hydrogen) atoms. The van der Waals surface area contributed by atoms with E-state index in [0.29, 0.717) is 30.0 Å². The molecule has 1 unspecified atom stereocenters. The maximum absolute atomic E-state index is 12.3. The molecule has 0 spiro atoms. The summed E-state index contributed by atoms with van der Waals surface area (Å²) in [6.45, 7) is 2.95. The van der Waals surface area contributed by atoms with Crippen LogP contribution in [0.4, 0.5) is 0 Å². The highest BCUT2D eigenvalue weighted by molar-refractivity contribution is 5.77. The highest BCUT2D eigenvalue weighted by Gasteiger charge is 2.30. The number of benzene rings is 2. The molecule has 0 radical (unpaired) electrons. The van der Waals surface area contributed by atoms with E-state index in [0.717, 1.165) is 19.4 Å². The van der Waals surface area contributed by atoms with E-state index in [2.05, 4.69) is 34.5 Å². The second-order valence-electron chi connectivity index (χ2n) is 8.08. The molecule has 2 aliphatic rings. The Bertz CT molecular complexity index is 813. The number of carbonyl (C=O) groups excluding carboxylic acids is 1. The largest absolute Gasteiger partial charge is 0.493 e. The first-order valence-electron chi connectivity index (χ1n) is 10.6. The molecule has 1 aliphatic heterocycles. The average molecular weight is 395 g/mol. The van der Waals surface area contributed by atoms with Gasteiger partial charge in [-0.25, -0.2) is 0 Å². The average Bonchev–Trinajstić information content (AvgIpc) is 3.21. The van der Waals surface area contributed by atoms with Crippen molar-refractivity contribution in [1.82, 2.24) is 10.2 Å². The smallest absolute Gasteiger partial charge is 0.257 e. The van der Waals surface area contributed by atoms with Crippen LogP contribution in [-0.2, 0) is 17.6 Å². The minimum Gasteiger partial charge on any atom is -0.493 e. The maximum Gasteiger partial charge on any atom is 0.257 e. The van der Waals surface area contributed by atoms with Crippen LogP contribution in [0.5, 0.6) is 11.5 Å². The number of rotatable bonds is 7. The number of methoxy groups -OCH3 is 1. The zero-order valence-corrected chi connectivity index (χ0v) is 17.1. The minimum atomic E-state index is -0.0821. The molecule has 1 fully saturated rings. The van der Waals surface area contributed by atoms with Gasteiger partial charge in [-0.2, -0.15) is 0 Å². The normalized spacial score (nSPS) is 19.6. The van der Waals surface area contributed by atoms with Crippen molar-refractivity contribution in [3.8, 4) is 11.5 Å². The molecule has 1 heterocycles. The summed E-state index contributed by atoms with van der Waals surface area (Å²) < 4.78 is 10.9. The van der Waals surface area contributed by atoms with Crippen LogP contribution in [0, 0.1) is 5.92 Å². The third-order valence-corrected chi connectivity index (χ3v) is 6.11. The first-order chi connectivity index (χ1) is 14.2. The quantitative estimate of drug-likeness (QED) is 0.784. The number of carbonyl (C=O) groups is 1. The van der Waals surface area contributed by atoms with Gasteiger partial charge in [-0.3, -0.25) is 9.69 Å². The lowest BCUT2D eigenvalue weighted by Gasteiger charge is -2.36. The summed E-state index contributed by atoms with van der Waals surface area (Å²) in [4.78, 5) is 14.9. The Morgan fingerprint density at radius 3 is 2.48 bits per heavy atom. The molecule has 1 atom stereocenters. The van der Waals surface area contributed by atoms with E-state index in [1.165, 1.54) is 30.5 Å². The molecule has 5 nitrogen and oxygen atoms in total. The van der Waals surface area contributed by atoms with E-state index < -0.39 is 0 Å². The second kappa shape index (κ2) is 9.31. The Labute approximate surface area is 173 Å². The fourth-order valence-corrected chi connectivity index (χ4v) is 4.58. The third-order valence-electron chi connectivity index (χ3n) is 6.11. The molecule has 1 N–H and O–H groups in total. The zero-order valence-electron chi connectivity index (χ0n) is 17.1. The third kappa shape index (κ3) is 4.91. The SMILES string of the molecule is COc1ccccc1OCC(=O)NCC1CCCN(C2Cc3ccccc3C2)C1. The van der Waals surface area contributed by atoms with Crippen molar-refractivity contribution in [2.75, 3.05) is 33.4 Å². The van der Waals surface area contributed by atoms with Crippen LogP contribution in [-0.4, -0.2) is 50.2 Å². The number of likely N-dealkylation sites (tertiary alicyclic amines) is 1. The van der Waals surface area contributed by atoms with Gasteiger partial charge in [0, 0.05) is 19.1 Å².